The first-order chi connectivity index (χ1) is 59.8. The molecule has 25 rings (SSSR count). The summed E-state index contributed by atoms with van der Waals surface area (Å²) in [5.41, 5.74) is 27.3. The molecule has 598 valence electrons. The van der Waals surface area contributed by atoms with E-state index in [9.17, 15) is 0 Å². The number of hydrogen-bond donors (Lipinski definition) is 0. The topological polar surface area (TPSA) is 189 Å². The molecule has 25 aromatic rings. The molecule has 15 heterocycles. The molecule has 0 saturated carbocycles. The van der Waals surface area contributed by atoms with Gasteiger partial charge in [-0.25, -0.2) is 22.8 Å². The van der Waals surface area contributed by atoms with Crippen LogP contribution in [0.2, 0.25) is 0 Å². The van der Waals surface area contributed by atoms with E-state index in [2.05, 4.69) is 147 Å². The molecular formula is C103H81N10O8S2+5. The molecule has 20 heteroatoms. The summed E-state index contributed by atoms with van der Waals surface area (Å²) >= 11 is 3.79. The molecule has 18 nitrogen and oxygen atoms in total. The number of aryl methyl sites for hydroxylation is 13. The standard InChI is InChI=1S/3C21H17N2O2.C20H15N2O2.C20H15N2S2/c1-12-10-16-18(11-15(12)21-22-13(2)8-9-23(21)3)25-19-14-6-4-5-7-17(14)24-20(16)19;2*1-12-8-9-15-18(17(12)21-22-13(2)10-11-23(21)3)25-19-14-6-4-5-7-16(14)24-20(15)19;1-12-10-15-17(11-14(12)20-21-8-5-9-22(20)2)24-18-13-6-3-4-7-16(13)23-19(15)18;1-12-8-9-14-17-13-6-3-4-7-15(13)23-20(17)24-18(14)16(12)19-21-10-5-11-22(19)2/h3*4-11H,1-3H3;2*3-11H,1-2H3/q5*+1. The van der Waals surface area contributed by atoms with Crippen molar-refractivity contribution in [2.45, 2.75) is 55.4 Å². The second kappa shape index (κ2) is 29.8. The first-order valence-electron chi connectivity index (χ1n) is 40.7. The van der Waals surface area contributed by atoms with Crippen molar-refractivity contribution in [1.29, 1.82) is 0 Å². The summed E-state index contributed by atoms with van der Waals surface area (Å²) in [6.07, 6.45) is 13.8. The average Bonchev–Trinajstić information content (AvgIpc) is 1.59. The molecule has 0 atom stereocenters. The second-order valence-electron chi connectivity index (χ2n) is 31.6. The Morgan fingerprint density at radius 2 is 0.602 bits per heavy atom. The van der Waals surface area contributed by atoms with Gasteiger partial charge < -0.3 is 35.3 Å². The van der Waals surface area contributed by atoms with Gasteiger partial charge in [0.1, 0.15) is 57.0 Å². The Kier molecular flexibility index (Phi) is 18.3. The fourth-order valence-electron chi connectivity index (χ4n) is 17.0. The molecule has 0 radical (unpaired) electrons. The van der Waals surface area contributed by atoms with E-state index in [1.54, 1.807) is 6.20 Å². The number of aromatic nitrogens is 10. The Morgan fingerprint density at radius 3 is 1.06 bits per heavy atom. The van der Waals surface area contributed by atoms with Crippen molar-refractivity contribution >= 4 is 185 Å². The lowest BCUT2D eigenvalue weighted by Crippen LogP contribution is -2.32. The van der Waals surface area contributed by atoms with Crippen LogP contribution < -0.4 is 22.8 Å². The van der Waals surface area contributed by atoms with Gasteiger partial charge in [-0.2, -0.15) is 0 Å². The fraction of sp³-hybridized carbons (Fsp3) is 0.126. The van der Waals surface area contributed by atoms with E-state index >= 15 is 0 Å². The Bertz CT molecular complexity index is 8410. The van der Waals surface area contributed by atoms with Gasteiger partial charge in [0.05, 0.1) is 135 Å². The molecule has 0 N–H and O–H groups in total. The summed E-state index contributed by atoms with van der Waals surface area (Å²) < 4.78 is 63.4. The van der Waals surface area contributed by atoms with Crippen LogP contribution in [0.5, 0.6) is 0 Å². The van der Waals surface area contributed by atoms with Crippen LogP contribution >= 0.6 is 22.7 Å². The van der Waals surface area contributed by atoms with Crippen molar-refractivity contribution in [3.05, 3.63) is 301 Å². The molecule has 0 saturated heterocycles. The maximum Gasteiger partial charge on any atom is 0.334 e. The first-order valence-corrected chi connectivity index (χ1v) is 42.3. The summed E-state index contributed by atoms with van der Waals surface area (Å²) in [6.45, 7) is 16.5. The Labute approximate surface area is 711 Å². The molecule has 15 aromatic heterocycles. The van der Waals surface area contributed by atoms with Crippen LogP contribution in [-0.2, 0) is 35.2 Å². The van der Waals surface area contributed by atoms with E-state index in [1.807, 2.05) is 248 Å². The van der Waals surface area contributed by atoms with Gasteiger partial charge in [-0.05, 0) is 178 Å². The lowest BCUT2D eigenvalue weighted by Gasteiger charge is -2.04. The smallest absolute Gasteiger partial charge is 0.334 e. The van der Waals surface area contributed by atoms with Gasteiger partial charge in [-0.1, -0.05) is 91.0 Å². The third-order valence-electron chi connectivity index (χ3n) is 23.3. The largest absolute Gasteiger partial charge is 0.452 e. The zero-order valence-corrected chi connectivity index (χ0v) is 71.4. The van der Waals surface area contributed by atoms with Crippen molar-refractivity contribution in [2.24, 2.45) is 35.2 Å². The van der Waals surface area contributed by atoms with E-state index in [4.69, 9.17) is 50.3 Å². The summed E-state index contributed by atoms with van der Waals surface area (Å²) in [7, 11) is 10.1. The predicted octanol–water partition coefficient (Wildman–Crippen LogP) is 24.5. The minimum Gasteiger partial charge on any atom is -0.452 e. The average molecular weight is 1650 g/mol. The third-order valence-corrected chi connectivity index (χ3v) is 25.7. The summed E-state index contributed by atoms with van der Waals surface area (Å²) in [5.74, 6) is 4.65. The number of para-hydroxylation sites is 4. The van der Waals surface area contributed by atoms with Crippen LogP contribution in [0, 0.1) is 55.4 Å². The van der Waals surface area contributed by atoms with Gasteiger partial charge >= 0.3 is 29.1 Å². The highest BCUT2D eigenvalue weighted by atomic mass is 32.2. The minimum atomic E-state index is 0.799. The number of benzene rings is 10. The van der Waals surface area contributed by atoms with E-state index < -0.39 is 0 Å². The normalized spacial score (nSPS) is 11.8. The molecule has 0 bridgehead atoms. The monoisotopic (exact) mass is 1650 g/mol. The van der Waals surface area contributed by atoms with Crippen molar-refractivity contribution in [3.8, 4) is 56.9 Å². The Balaban J connectivity index is 0.0000000945. The van der Waals surface area contributed by atoms with Gasteiger partial charge in [-0.15, -0.1) is 22.7 Å². The second-order valence-corrected chi connectivity index (χ2v) is 34.0. The molecule has 0 aliphatic carbocycles. The predicted molar refractivity (Wildman–Crippen MR) is 489 cm³/mol. The number of furan rings is 8. The maximum atomic E-state index is 6.32. The number of hydrogen-bond acceptors (Lipinski definition) is 15. The number of fused-ring (bicyclic) bond motifs is 25. The molecule has 0 spiro atoms. The molecule has 10 aromatic carbocycles. The van der Waals surface area contributed by atoms with Crippen LogP contribution in [0.15, 0.2) is 291 Å². The lowest BCUT2D eigenvalue weighted by atomic mass is 10.0. The molecule has 0 fully saturated rings. The van der Waals surface area contributed by atoms with Gasteiger partial charge in [0.25, 0.3) is 0 Å². The fourth-order valence-corrected chi connectivity index (χ4v) is 19.8. The van der Waals surface area contributed by atoms with Crippen molar-refractivity contribution in [1.82, 2.24) is 24.9 Å². The quantitative estimate of drug-likeness (QED) is 0.148. The highest BCUT2D eigenvalue weighted by molar-refractivity contribution is 7.44. The highest BCUT2D eigenvalue weighted by Gasteiger charge is 2.31. The Morgan fingerprint density at radius 1 is 0.252 bits per heavy atom. The summed E-state index contributed by atoms with van der Waals surface area (Å²) in [5, 5.41) is 12.1. The molecule has 123 heavy (non-hydrogen) atoms. The van der Waals surface area contributed by atoms with Gasteiger partial charge in [0, 0.05) is 72.0 Å². The van der Waals surface area contributed by atoms with Crippen LogP contribution in [0.4, 0.5) is 0 Å². The van der Waals surface area contributed by atoms with E-state index in [0.29, 0.717) is 0 Å². The van der Waals surface area contributed by atoms with E-state index in [1.165, 1.54) is 40.7 Å². The van der Waals surface area contributed by atoms with Gasteiger partial charge in [-0.3, -0.25) is 0 Å². The SMILES string of the molecule is Cc1cc2c(cc1-c1nccc[n+]1C)oc1c3ccccc3oc21.Cc1cc[n+](C)c(-c2c(C)ccc3c2oc2c4ccccc4oc32)n1.Cc1cc[n+](C)c(-c2c(C)ccc3c2oc2c4ccccc4oc32)n1.Cc1cc[n+](C)c(-c2cc3oc4c5ccccc5oc4c3cc2C)n1.Cc1ccc2c(sc3sc4ccccc4c32)c1-c1nccc[n+]1C. The zero-order chi connectivity index (χ0) is 83.9. The molecule has 0 aliphatic rings. The van der Waals surface area contributed by atoms with Crippen LogP contribution in [0.3, 0.4) is 0 Å². The van der Waals surface area contributed by atoms with Crippen molar-refractivity contribution < 1.29 is 58.2 Å². The minimum absolute atomic E-state index is 0.799. The molecule has 0 aliphatic heterocycles. The maximum absolute atomic E-state index is 6.32. The molecule has 0 amide bonds. The zero-order valence-electron chi connectivity index (χ0n) is 69.8. The highest BCUT2D eigenvalue weighted by Crippen LogP contribution is 2.49. The van der Waals surface area contributed by atoms with Crippen molar-refractivity contribution in [2.75, 3.05) is 0 Å². The number of thiophene rings is 2. The third kappa shape index (κ3) is 12.8. The van der Waals surface area contributed by atoms with Gasteiger partial charge in [0.2, 0.25) is 0 Å². The van der Waals surface area contributed by atoms with Crippen LogP contribution in [0.25, 0.3) is 219 Å². The summed E-state index contributed by atoms with van der Waals surface area (Å²) in [6, 6.07) is 71.6. The molecule has 0 unspecified atom stereocenters. The number of rotatable bonds is 5. The number of nitrogens with zero attached hydrogens (tertiary/aromatic N) is 10. The van der Waals surface area contributed by atoms with E-state index in [0.717, 1.165) is 223 Å². The van der Waals surface area contributed by atoms with Crippen molar-refractivity contribution in [3.63, 3.8) is 0 Å². The molecular weight excluding hydrogens is 1570 g/mol. The summed E-state index contributed by atoms with van der Waals surface area (Å²) in [4.78, 5) is 23.3. The van der Waals surface area contributed by atoms with Crippen LogP contribution in [-0.4, -0.2) is 24.9 Å². The first kappa shape index (κ1) is 75.6. The van der Waals surface area contributed by atoms with Crippen LogP contribution in [0.1, 0.15) is 44.9 Å². The van der Waals surface area contributed by atoms with Gasteiger partial charge in [0.15, 0.2) is 72.9 Å². The van der Waals surface area contributed by atoms with E-state index in [-0.39, 0.29) is 0 Å². The Hall–Kier alpha value is -14.9. The lowest BCUT2D eigenvalue weighted by molar-refractivity contribution is -0.663.